The highest BCUT2D eigenvalue weighted by Gasteiger charge is 2.27. The highest BCUT2D eigenvalue weighted by atomic mass is 35.5. The molecule has 8 nitrogen and oxygen atoms in total. The Morgan fingerprint density at radius 3 is 2.45 bits per heavy atom. The van der Waals surface area contributed by atoms with Crippen LogP contribution in [0.4, 0.5) is 22.9 Å². The zero-order chi connectivity index (χ0) is 26.5. The average Bonchev–Trinajstić information content (AvgIpc) is 3.38. The summed E-state index contributed by atoms with van der Waals surface area (Å²) >= 11 is 6.50. The average molecular weight is 553 g/mol. The van der Waals surface area contributed by atoms with Crippen LogP contribution in [0, 0.1) is 0 Å². The third-order valence-electron chi connectivity index (χ3n) is 6.94. The number of rotatable bonds is 8. The van der Waals surface area contributed by atoms with Crippen molar-refractivity contribution < 1.29 is 8.42 Å². The molecule has 2 N–H and O–H groups in total. The van der Waals surface area contributed by atoms with Crippen LogP contribution in [-0.4, -0.2) is 70.7 Å². The Hall–Kier alpha value is -3.11. The van der Waals surface area contributed by atoms with Crippen LogP contribution in [-0.2, 0) is 10.0 Å². The summed E-state index contributed by atoms with van der Waals surface area (Å²) in [5.41, 5.74) is 3.83. The van der Waals surface area contributed by atoms with Crippen molar-refractivity contribution in [1.29, 1.82) is 0 Å². The molecular weight excluding hydrogens is 520 g/mol. The van der Waals surface area contributed by atoms with Crippen molar-refractivity contribution >= 4 is 50.6 Å². The van der Waals surface area contributed by atoms with Gasteiger partial charge in [0, 0.05) is 68.2 Å². The molecule has 0 bridgehead atoms. The molecule has 2 aliphatic rings. The lowest BCUT2D eigenvalue weighted by atomic mass is 10.2. The van der Waals surface area contributed by atoms with E-state index in [1.165, 1.54) is 11.1 Å². The minimum atomic E-state index is -3.56. The maximum atomic E-state index is 12.6. The predicted octanol–water partition coefficient (Wildman–Crippen LogP) is 4.40. The third-order valence-corrected chi connectivity index (χ3v) is 8.39. The molecule has 0 aliphatic carbocycles. The number of hydrogen-bond donors (Lipinski definition) is 2. The Morgan fingerprint density at radius 1 is 0.974 bits per heavy atom. The molecule has 1 atom stereocenters. The van der Waals surface area contributed by atoms with Gasteiger partial charge < -0.3 is 20.0 Å². The number of halogens is 1. The normalized spacial score (nSPS) is 18.8. The Bertz CT molecular complexity index is 1360. The van der Waals surface area contributed by atoms with Gasteiger partial charge in [-0.25, -0.2) is 18.1 Å². The Kier molecular flexibility index (Phi) is 8.18. The van der Waals surface area contributed by atoms with Crippen LogP contribution in [0.3, 0.4) is 0 Å². The summed E-state index contributed by atoms with van der Waals surface area (Å²) in [4.78, 5) is 11.3. The first-order valence-electron chi connectivity index (χ1n) is 12.8. The van der Waals surface area contributed by atoms with Crippen LogP contribution in [0.2, 0.25) is 5.02 Å². The number of hydrogen-bond acceptors (Lipinski definition) is 7. The van der Waals surface area contributed by atoms with Crippen molar-refractivity contribution in [2.45, 2.75) is 12.5 Å². The molecule has 200 valence electrons. The number of sulfonamides is 1. The lowest BCUT2D eigenvalue weighted by Crippen LogP contribution is -2.44. The first-order valence-corrected chi connectivity index (χ1v) is 14.7. The molecule has 2 fully saturated rings. The molecule has 0 spiro atoms. The number of nitrogens with one attached hydrogen (secondary N) is 2. The Labute approximate surface area is 230 Å². The van der Waals surface area contributed by atoms with E-state index in [0.717, 1.165) is 43.1 Å². The summed E-state index contributed by atoms with van der Waals surface area (Å²) in [7, 11) is -1.41. The van der Waals surface area contributed by atoms with Crippen LogP contribution in [0.1, 0.15) is 12.0 Å². The number of piperazine rings is 1. The van der Waals surface area contributed by atoms with Gasteiger partial charge in [0.15, 0.2) is 0 Å². The summed E-state index contributed by atoms with van der Waals surface area (Å²) in [5.74, 6) is 0.687. The van der Waals surface area contributed by atoms with Gasteiger partial charge in [0.25, 0.3) is 0 Å². The van der Waals surface area contributed by atoms with Gasteiger partial charge in [0.2, 0.25) is 10.0 Å². The van der Waals surface area contributed by atoms with Gasteiger partial charge in [0.1, 0.15) is 5.82 Å². The van der Waals surface area contributed by atoms with Crippen LogP contribution < -0.4 is 19.8 Å². The van der Waals surface area contributed by atoms with Gasteiger partial charge in [-0.15, -0.1) is 0 Å². The molecule has 5 rings (SSSR count). The van der Waals surface area contributed by atoms with Crippen molar-refractivity contribution in [1.82, 2.24) is 14.6 Å². The van der Waals surface area contributed by atoms with E-state index in [9.17, 15) is 8.42 Å². The summed E-state index contributed by atoms with van der Waals surface area (Å²) in [6.45, 7) is 5.42. The molecule has 0 amide bonds. The van der Waals surface area contributed by atoms with Crippen molar-refractivity contribution in [3.05, 3.63) is 82.9 Å². The molecule has 0 saturated carbocycles. The van der Waals surface area contributed by atoms with E-state index >= 15 is 0 Å². The van der Waals surface area contributed by atoms with E-state index in [1.54, 1.807) is 12.3 Å². The van der Waals surface area contributed by atoms with Crippen molar-refractivity contribution in [3.63, 3.8) is 0 Å². The SMILES string of the molecule is CN1CCN(c2ccc(Nc3cc(N4CC[C@@H](NS(=O)(=O)/C=C/c5ccccc5)C4)c(Cl)cn3)cc2)CC1. The fourth-order valence-corrected chi connectivity index (χ4v) is 6.08. The standard InChI is InChI=1S/C28H33ClN6O2S/c1-33-14-16-34(17-15-33)25-9-7-23(8-10-25)31-28-19-27(26(29)20-30-28)35-13-11-24(21-35)32-38(36,37)18-12-22-5-3-2-4-6-22/h2-10,12,18-20,24,32H,11,13-17,21H2,1H3,(H,30,31)/b18-12+/t24-/m1/s1. The number of aromatic nitrogens is 1. The Balaban J connectivity index is 1.20. The second-order valence-corrected chi connectivity index (χ2v) is 11.8. The molecule has 3 heterocycles. The predicted molar refractivity (Wildman–Crippen MR) is 157 cm³/mol. The highest BCUT2D eigenvalue weighted by molar-refractivity contribution is 7.92. The molecule has 3 aromatic rings. The second-order valence-electron chi connectivity index (χ2n) is 9.79. The fourth-order valence-electron chi connectivity index (χ4n) is 4.79. The summed E-state index contributed by atoms with van der Waals surface area (Å²) in [5, 5.41) is 5.13. The van der Waals surface area contributed by atoms with E-state index in [4.69, 9.17) is 11.6 Å². The summed E-state index contributed by atoms with van der Waals surface area (Å²) in [6.07, 6.45) is 3.93. The summed E-state index contributed by atoms with van der Waals surface area (Å²) < 4.78 is 28.0. The molecule has 10 heteroatoms. The smallest absolute Gasteiger partial charge is 0.234 e. The first-order chi connectivity index (χ1) is 18.3. The first kappa shape index (κ1) is 26.5. The molecule has 0 unspecified atom stereocenters. The number of benzene rings is 2. The van der Waals surface area contributed by atoms with Crippen LogP contribution in [0.5, 0.6) is 0 Å². The molecule has 2 aliphatic heterocycles. The molecule has 2 aromatic carbocycles. The maximum absolute atomic E-state index is 12.6. The number of anilines is 4. The number of nitrogens with zero attached hydrogens (tertiary/aromatic N) is 4. The van der Waals surface area contributed by atoms with E-state index in [1.807, 2.05) is 36.4 Å². The Morgan fingerprint density at radius 2 is 1.71 bits per heavy atom. The third kappa shape index (κ3) is 6.85. The van der Waals surface area contributed by atoms with E-state index < -0.39 is 10.0 Å². The zero-order valence-corrected chi connectivity index (χ0v) is 23.0. The highest BCUT2D eigenvalue weighted by Crippen LogP contribution is 2.31. The van der Waals surface area contributed by atoms with E-state index in [-0.39, 0.29) is 6.04 Å². The molecule has 0 radical (unpaired) electrons. The molecule has 38 heavy (non-hydrogen) atoms. The summed E-state index contributed by atoms with van der Waals surface area (Å²) in [6, 6.07) is 19.5. The lowest BCUT2D eigenvalue weighted by Gasteiger charge is -2.34. The largest absolute Gasteiger partial charge is 0.369 e. The van der Waals surface area contributed by atoms with Crippen molar-refractivity contribution in [3.8, 4) is 0 Å². The van der Waals surface area contributed by atoms with Gasteiger partial charge in [0.05, 0.1) is 16.9 Å². The molecular formula is C28H33ClN6O2S. The lowest BCUT2D eigenvalue weighted by molar-refractivity contribution is 0.313. The van der Waals surface area contributed by atoms with Crippen LogP contribution in [0.25, 0.3) is 6.08 Å². The van der Waals surface area contributed by atoms with Crippen molar-refractivity contribution in [2.75, 3.05) is 61.4 Å². The second kappa shape index (κ2) is 11.7. The van der Waals surface area contributed by atoms with Crippen LogP contribution in [0.15, 0.2) is 72.3 Å². The minimum absolute atomic E-state index is 0.205. The van der Waals surface area contributed by atoms with E-state index in [0.29, 0.717) is 30.4 Å². The van der Waals surface area contributed by atoms with Crippen molar-refractivity contribution in [2.24, 2.45) is 0 Å². The van der Waals surface area contributed by atoms with Gasteiger partial charge in [-0.05, 0) is 49.4 Å². The minimum Gasteiger partial charge on any atom is -0.369 e. The van der Waals surface area contributed by atoms with E-state index in [2.05, 4.69) is 61.0 Å². The molecule has 2 saturated heterocycles. The fraction of sp³-hybridized carbons (Fsp3) is 0.321. The zero-order valence-electron chi connectivity index (χ0n) is 21.4. The van der Waals surface area contributed by atoms with Gasteiger partial charge in [-0.3, -0.25) is 0 Å². The quantitative estimate of drug-likeness (QED) is 0.429. The molecule has 1 aromatic heterocycles. The topological polar surface area (TPSA) is 80.8 Å². The van der Waals surface area contributed by atoms with Gasteiger partial charge in [-0.1, -0.05) is 41.9 Å². The maximum Gasteiger partial charge on any atom is 0.234 e. The van der Waals surface area contributed by atoms with Gasteiger partial charge >= 0.3 is 0 Å². The van der Waals surface area contributed by atoms with Crippen LogP contribution >= 0.6 is 11.6 Å². The monoisotopic (exact) mass is 552 g/mol. The number of pyridine rings is 1. The number of likely N-dealkylation sites (N-methyl/N-ethyl adjacent to an activating group) is 1. The van der Waals surface area contributed by atoms with Gasteiger partial charge in [-0.2, -0.15) is 0 Å².